The smallest absolute Gasteiger partial charge is 0.251 e. The summed E-state index contributed by atoms with van der Waals surface area (Å²) in [6, 6.07) is 10.4. The second-order valence-electron chi connectivity index (χ2n) is 3.33. The molecule has 0 aliphatic carbocycles. The zero-order chi connectivity index (χ0) is 10.8. The predicted molar refractivity (Wildman–Crippen MR) is 59.0 cm³/mol. The van der Waals surface area contributed by atoms with Crippen molar-refractivity contribution in [3.63, 3.8) is 0 Å². The molecule has 0 aliphatic heterocycles. The van der Waals surface area contributed by atoms with Crippen molar-refractivity contribution in [2.75, 3.05) is 7.05 Å². The summed E-state index contributed by atoms with van der Waals surface area (Å²) in [5, 5.41) is 13.7. The summed E-state index contributed by atoms with van der Waals surface area (Å²) in [6.07, 6.45) is 0. The van der Waals surface area contributed by atoms with Crippen molar-refractivity contribution >= 4 is 16.7 Å². The van der Waals surface area contributed by atoms with E-state index in [1.165, 1.54) is 0 Å². The van der Waals surface area contributed by atoms with Crippen LogP contribution in [0.15, 0.2) is 36.4 Å². The SMILES string of the molecule is CNC(=O)c1ccc2cc(O)ccc2c1. The third-order valence-electron chi connectivity index (χ3n) is 2.31. The van der Waals surface area contributed by atoms with E-state index in [0.29, 0.717) is 5.56 Å². The van der Waals surface area contributed by atoms with Crippen LogP contribution in [0.1, 0.15) is 10.4 Å². The second kappa shape index (κ2) is 3.61. The summed E-state index contributed by atoms with van der Waals surface area (Å²) in [5.41, 5.74) is 0.621. The zero-order valence-electron chi connectivity index (χ0n) is 8.32. The van der Waals surface area contributed by atoms with E-state index in [-0.39, 0.29) is 11.7 Å². The number of benzene rings is 2. The number of amides is 1. The number of phenolic OH excluding ortho intramolecular Hbond substituents is 1. The fourth-order valence-electron chi connectivity index (χ4n) is 1.52. The molecule has 2 aromatic carbocycles. The van der Waals surface area contributed by atoms with Crippen molar-refractivity contribution < 1.29 is 9.90 Å². The van der Waals surface area contributed by atoms with Crippen LogP contribution in [0.2, 0.25) is 0 Å². The summed E-state index contributed by atoms with van der Waals surface area (Å²) in [6.45, 7) is 0. The lowest BCUT2D eigenvalue weighted by atomic mass is 10.1. The van der Waals surface area contributed by atoms with Gasteiger partial charge in [0.1, 0.15) is 5.75 Å². The fraction of sp³-hybridized carbons (Fsp3) is 0.0833. The first-order chi connectivity index (χ1) is 7.20. The largest absolute Gasteiger partial charge is 0.508 e. The van der Waals surface area contributed by atoms with Crippen LogP contribution in [0.5, 0.6) is 5.75 Å². The molecular formula is C12H11NO2. The average Bonchev–Trinajstić information content (AvgIpc) is 2.27. The molecule has 0 atom stereocenters. The number of carbonyl (C=O) groups is 1. The number of phenols is 1. The van der Waals surface area contributed by atoms with Gasteiger partial charge in [0, 0.05) is 12.6 Å². The highest BCUT2D eigenvalue weighted by Gasteiger charge is 2.03. The molecule has 0 saturated carbocycles. The molecule has 2 rings (SSSR count). The molecule has 0 unspecified atom stereocenters. The van der Waals surface area contributed by atoms with Gasteiger partial charge in [0.25, 0.3) is 5.91 Å². The molecule has 2 aromatic rings. The van der Waals surface area contributed by atoms with Gasteiger partial charge in [-0.25, -0.2) is 0 Å². The second-order valence-corrected chi connectivity index (χ2v) is 3.33. The Morgan fingerprint density at radius 1 is 1.13 bits per heavy atom. The van der Waals surface area contributed by atoms with Crippen LogP contribution in [-0.4, -0.2) is 18.1 Å². The van der Waals surface area contributed by atoms with Gasteiger partial charge >= 0.3 is 0 Å². The van der Waals surface area contributed by atoms with E-state index in [4.69, 9.17) is 0 Å². The van der Waals surface area contributed by atoms with E-state index in [2.05, 4.69) is 5.32 Å². The minimum atomic E-state index is -0.107. The molecule has 0 aromatic heterocycles. The Hall–Kier alpha value is -2.03. The van der Waals surface area contributed by atoms with E-state index < -0.39 is 0 Å². The summed E-state index contributed by atoms with van der Waals surface area (Å²) < 4.78 is 0. The monoisotopic (exact) mass is 201 g/mol. The van der Waals surface area contributed by atoms with Crippen molar-refractivity contribution in [3.05, 3.63) is 42.0 Å². The highest BCUT2D eigenvalue weighted by molar-refractivity contribution is 5.98. The molecule has 0 radical (unpaired) electrons. The Morgan fingerprint density at radius 2 is 1.80 bits per heavy atom. The highest BCUT2D eigenvalue weighted by atomic mass is 16.3. The molecule has 0 fully saturated rings. The third-order valence-corrected chi connectivity index (χ3v) is 2.31. The molecule has 76 valence electrons. The molecule has 15 heavy (non-hydrogen) atoms. The minimum absolute atomic E-state index is 0.107. The summed E-state index contributed by atoms with van der Waals surface area (Å²) in [7, 11) is 1.60. The Kier molecular flexibility index (Phi) is 2.29. The van der Waals surface area contributed by atoms with Crippen molar-refractivity contribution in [1.29, 1.82) is 0 Å². The van der Waals surface area contributed by atoms with Crippen LogP contribution < -0.4 is 5.32 Å². The molecule has 0 spiro atoms. The van der Waals surface area contributed by atoms with E-state index in [9.17, 15) is 9.90 Å². The summed E-state index contributed by atoms with van der Waals surface area (Å²) >= 11 is 0. The first-order valence-corrected chi connectivity index (χ1v) is 4.65. The third kappa shape index (κ3) is 1.76. The topological polar surface area (TPSA) is 49.3 Å². The first-order valence-electron chi connectivity index (χ1n) is 4.65. The van der Waals surface area contributed by atoms with E-state index in [1.807, 2.05) is 6.07 Å². The van der Waals surface area contributed by atoms with Crippen LogP contribution >= 0.6 is 0 Å². The fourth-order valence-corrected chi connectivity index (χ4v) is 1.52. The maximum Gasteiger partial charge on any atom is 0.251 e. The molecule has 0 aliphatic rings. The quantitative estimate of drug-likeness (QED) is 0.740. The number of hydrogen-bond donors (Lipinski definition) is 2. The Morgan fingerprint density at radius 3 is 2.53 bits per heavy atom. The molecule has 2 N–H and O–H groups in total. The van der Waals surface area contributed by atoms with Crippen LogP contribution in [-0.2, 0) is 0 Å². The summed E-state index contributed by atoms with van der Waals surface area (Å²) in [4.78, 5) is 11.4. The van der Waals surface area contributed by atoms with Crippen molar-refractivity contribution in [3.8, 4) is 5.75 Å². The number of rotatable bonds is 1. The number of hydrogen-bond acceptors (Lipinski definition) is 2. The van der Waals surface area contributed by atoms with Gasteiger partial charge in [0.2, 0.25) is 0 Å². The standard InChI is InChI=1S/C12H11NO2/c1-13-12(15)10-3-2-9-7-11(14)5-4-8(9)6-10/h2-7,14H,1H3,(H,13,15). The minimum Gasteiger partial charge on any atom is -0.508 e. The van der Waals surface area contributed by atoms with Crippen LogP contribution in [0.3, 0.4) is 0 Å². The van der Waals surface area contributed by atoms with Gasteiger partial charge in [-0.1, -0.05) is 12.1 Å². The Bertz CT molecular complexity index is 520. The lowest BCUT2D eigenvalue weighted by molar-refractivity contribution is 0.0963. The molecule has 3 nitrogen and oxygen atoms in total. The molecule has 0 saturated heterocycles. The molecule has 0 bridgehead atoms. The van der Waals surface area contributed by atoms with Gasteiger partial charge in [-0.2, -0.15) is 0 Å². The Labute approximate surface area is 87.3 Å². The van der Waals surface area contributed by atoms with Crippen molar-refractivity contribution in [2.24, 2.45) is 0 Å². The maximum atomic E-state index is 11.4. The highest BCUT2D eigenvalue weighted by Crippen LogP contribution is 2.20. The Balaban J connectivity index is 2.57. The summed E-state index contributed by atoms with van der Waals surface area (Å²) in [5.74, 6) is 0.125. The number of aromatic hydroxyl groups is 1. The van der Waals surface area contributed by atoms with Gasteiger partial charge in [0.15, 0.2) is 0 Å². The molecule has 1 amide bonds. The van der Waals surface area contributed by atoms with Crippen LogP contribution in [0.25, 0.3) is 10.8 Å². The van der Waals surface area contributed by atoms with Gasteiger partial charge in [-0.3, -0.25) is 4.79 Å². The van der Waals surface area contributed by atoms with Crippen LogP contribution in [0, 0.1) is 0 Å². The van der Waals surface area contributed by atoms with Gasteiger partial charge < -0.3 is 10.4 Å². The molecule has 0 heterocycles. The van der Waals surface area contributed by atoms with E-state index in [0.717, 1.165) is 10.8 Å². The van der Waals surface area contributed by atoms with Gasteiger partial charge in [-0.15, -0.1) is 0 Å². The predicted octanol–water partition coefficient (Wildman–Crippen LogP) is 1.91. The zero-order valence-corrected chi connectivity index (χ0v) is 8.32. The van der Waals surface area contributed by atoms with E-state index in [1.54, 1.807) is 37.4 Å². The van der Waals surface area contributed by atoms with E-state index >= 15 is 0 Å². The lowest BCUT2D eigenvalue weighted by Gasteiger charge is -2.02. The first kappa shape index (κ1) is 9.52. The maximum absolute atomic E-state index is 11.4. The molecular weight excluding hydrogens is 190 g/mol. The van der Waals surface area contributed by atoms with Gasteiger partial charge in [-0.05, 0) is 35.0 Å². The van der Waals surface area contributed by atoms with Gasteiger partial charge in [0.05, 0.1) is 0 Å². The van der Waals surface area contributed by atoms with Crippen molar-refractivity contribution in [2.45, 2.75) is 0 Å². The number of nitrogens with one attached hydrogen (secondary N) is 1. The lowest BCUT2D eigenvalue weighted by Crippen LogP contribution is -2.17. The normalized spacial score (nSPS) is 10.2. The number of carbonyl (C=O) groups excluding carboxylic acids is 1. The number of fused-ring (bicyclic) bond motifs is 1. The van der Waals surface area contributed by atoms with Crippen LogP contribution in [0.4, 0.5) is 0 Å². The van der Waals surface area contributed by atoms with Crippen molar-refractivity contribution in [1.82, 2.24) is 5.32 Å². The average molecular weight is 201 g/mol. The molecule has 3 heteroatoms.